The average molecular weight is 262 g/mol. The van der Waals surface area contributed by atoms with Crippen molar-refractivity contribution in [1.82, 2.24) is 4.90 Å². The number of likely N-dealkylation sites (tertiary alicyclic amines) is 1. The van der Waals surface area contributed by atoms with Crippen LogP contribution >= 0.6 is 0 Å². The molecule has 1 heterocycles. The number of nitrogens with one attached hydrogen (secondary N) is 1. The van der Waals surface area contributed by atoms with E-state index in [2.05, 4.69) is 5.32 Å². The zero-order chi connectivity index (χ0) is 13.8. The molecular formula is C14H18N2O3. The standard InChI is InChI=1S/C14H18N2O3/c1-10(18)15-13-4-2-11(3-5-13)7-16-8-12(9-17)6-14(16)19/h2-5,12,17H,6-9H2,1H3,(H,15,18). The van der Waals surface area contributed by atoms with Crippen LogP contribution in [-0.2, 0) is 16.1 Å². The molecule has 102 valence electrons. The summed E-state index contributed by atoms with van der Waals surface area (Å²) in [5, 5.41) is 11.8. The van der Waals surface area contributed by atoms with Gasteiger partial charge < -0.3 is 15.3 Å². The molecular weight excluding hydrogens is 244 g/mol. The van der Waals surface area contributed by atoms with Gasteiger partial charge in [0.1, 0.15) is 0 Å². The fourth-order valence-electron chi connectivity index (χ4n) is 2.25. The molecule has 0 aromatic heterocycles. The topological polar surface area (TPSA) is 69.6 Å². The summed E-state index contributed by atoms with van der Waals surface area (Å²) < 4.78 is 0. The van der Waals surface area contributed by atoms with Crippen LogP contribution in [0.2, 0.25) is 0 Å². The second-order valence-electron chi connectivity index (χ2n) is 4.91. The molecule has 1 fully saturated rings. The van der Waals surface area contributed by atoms with E-state index in [0.717, 1.165) is 11.3 Å². The number of anilines is 1. The van der Waals surface area contributed by atoms with Crippen molar-refractivity contribution in [3.8, 4) is 0 Å². The quantitative estimate of drug-likeness (QED) is 0.850. The molecule has 2 amide bonds. The molecule has 0 bridgehead atoms. The van der Waals surface area contributed by atoms with Gasteiger partial charge in [0.05, 0.1) is 0 Å². The van der Waals surface area contributed by atoms with Gasteiger partial charge in [-0.3, -0.25) is 9.59 Å². The van der Waals surface area contributed by atoms with E-state index in [1.54, 1.807) is 4.90 Å². The highest BCUT2D eigenvalue weighted by atomic mass is 16.3. The lowest BCUT2D eigenvalue weighted by molar-refractivity contribution is -0.128. The van der Waals surface area contributed by atoms with Crippen LogP contribution in [0.3, 0.4) is 0 Å². The van der Waals surface area contributed by atoms with Gasteiger partial charge in [-0.2, -0.15) is 0 Å². The Bertz CT molecular complexity index is 470. The highest BCUT2D eigenvalue weighted by molar-refractivity contribution is 5.88. The molecule has 0 radical (unpaired) electrons. The molecule has 1 aliphatic rings. The van der Waals surface area contributed by atoms with Crippen LogP contribution in [0.1, 0.15) is 18.9 Å². The lowest BCUT2D eigenvalue weighted by Gasteiger charge is -2.16. The number of aliphatic hydroxyl groups excluding tert-OH is 1. The number of nitrogens with zero attached hydrogens (tertiary/aromatic N) is 1. The highest BCUT2D eigenvalue weighted by Gasteiger charge is 2.28. The number of aliphatic hydroxyl groups is 1. The minimum Gasteiger partial charge on any atom is -0.396 e. The maximum Gasteiger partial charge on any atom is 0.223 e. The summed E-state index contributed by atoms with van der Waals surface area (Å²) in [5.74, 6) is 0.0457. The Morgan fingerprint density at radius 3 is 2.63 bits per heavy atom. The molecule has 1 atom stereocenters. The van der Waals surface area contributed by atoms with Crippen LogP contribution in [-0.4, -0.2) is 35.0 Å². The predicted octanol–water partition coefficient (Wildman–Crippen LogP) is 0.986. The van der Waals surface area contributed by atoms with Crippen molar-refractivity contribution >= 4 is 17.5 Å². The number of benzene rings is 1. The first-order valence-electron chi connectivity index (χ1n) is 6.33. The summed E-state index contributed by atoms with van der Waals surface area (Å²) in [6.07, 6.45) is 0.431. The maximum absolute atomic E-state index is 11.7. The minimum absolute atomic E-state index is 0.0592. The molecule has 1 aliphatic heterocycles. The smallest absolute Gasteiger partial charge is 0.223 e. The van der Waals surface area contributed by atoms with E-state index in [4.69, 9.17) is 5.11 Å². The lowest BCUT2D eigenvalue weighted by atomic mass is 10.1. The Labute approximate surface area is 112 Å². The molecule has 5 nitrogen and oxygen atoms in total. The van der Waals surface area contributed by atoms with Crippen molar-refractivity contribution in [3.05, 3.63) is 29.8 Å². The number of rotatable bonds is 4. The fourth-order valence-corrected chi connectivity index (χ4v) is 2.25. The van der Waals surface area contributed by atoms with E-state index in [1.165, 1.54) is 6.92 Å². The number of hydrogen-bond acceptors (Lipinski definition) is 3. The van der Waals surface area contributed by atoms with Gasteiger partial charge >= 0.3 is 0 Å². The largest absolute Gasteiger partial charge is 0.396 e. The van der Waals surface area contributed by atoms with Gasteiger partial charge in [0, 0.05) is 44.6 Å². The van der Waals surface area contributed by atoms with E-state index >= 15 is 0 Å². The van der Waals surface area contributed by atoms with Crippen molar-refractivity contribution in [2.24, 2.45) is 5.92 Å². The second kappa shape index (κ2) is 5.84. The third-order valence-electron chi connectivity index (χ3n) is 3.20. The summed E-state index contributed by atoms with van der Waals surface area (Å²) in [4.78, 5) is 24.4. The van der Waals surface area contributed by atoms with Crippen LogP contribution in [0.5, 0.6) is 0 Å². The summed E-state index contributed by atoms with van der Waals surface area (Å²) in [5.41, 5.74) is 1.76. The molecule has 1 aromatic carbocycles. The van der Waals surface area contributed by atoms with Gasteiger partial charge in [0.25, 0.3) is 0 Å². The molecule has 0 spiro atoms. The van der Waals surface area contributed by atoms with Crippen LogP contribution in [0.4, 0.5) is 5.69 Å². The van der Waals surface area contributed by atoms with E-state index in [9.17, 15) is 9.59 Å². The monoisotopic (exact) mass is 262 g/mol. The van der Waals surface area contributed by atoms with Crippen LogP contribution in [0.15, 0.2) is 24.3 Å². The van der Waals surface area contributed by atoms with Gasteiger partial charge in [0.15, 0.2) is 0 Å². The van der Waals surface area contributed by atoms with Crippen molar-refractivity contribution in [2.45, 2.75) is 19.9 Å². The predicted molar refractivity (Wildman–Crippen MR) is 71.4 cm³/mol. The molecule has 0 saturated carbocycles. The van der Waals surface area contributed by atoms with Crippen LogP contribution < -0.4 is 5.32 Å². The average Bonchev–Trinajstić information content (AvgIpc) is 2.72. The first-order valence-corrected chi connectivity index (χ1v) is 6.33. The van der Waals surface area contributed by atoms with Gasteiger partial charge in [-0.1, -0.05) is 12.1 Å². The molecule has 0 aliphatic carbocycles. The van der Waals surface area contributed by atoms with Crippen LogP contribution in [0.25, 0.3) is 0 Å². The zero-order valence-electron chi connectivity index (χ0n) is 10.9. The Kier molecular flexibility index (Phi) is 4.16. The highest BCUT2D eigenvalue weighted by Crippen LogP contribution is 2.20. The molecule has 19 heavy (non-hydrogen) atoms. The minimum atomic E-state index is -0.103. The molecule has 1 unspecified atom stereocenters. The van der Waals surface area contributed by atoms with E-state index in [-0.39, 0.29) is 24.3 Å². The van der Waals surface area contributed by atoms with E-state index in [0.29, 0.717) is 19.5 Å². The van der Waals surface area contributed by atoms with Crippen molar-refractivity contribution in [1.29, 1.82) is 0 Å². The normalized spacial score (nSPS) is 18.7. The third-order valence-corrected chi connectivity index (χ3v) is 3.20. The molecule has 1 saturated heterocycles. The summed E-state index contributed by atoms with van der Waals surface area (Å²) in [6.45, 7) is 2.69. The Hall–Kier alpha value is -1.88. The van der Waals surface area contributed by atoms with E-state index in [1.807, 2.05) is 24.3 Å². The summed E-state index contributed by atoms with van der Waals surface area (Å²) in [6, 6.07) is 7.43. The molecule has 2 N–H and O–H groups in total. The second-order valence-corrected chi connectivity index (χ2v) is 4.91. The molecule has 2 rings (SSSR count). The van der Waals surface area contributed by atoms with Gasteiger partial charge in [-0.25, -0.2) is 0 Å². The third kappa shape index (κ3) is 3.54. The number of hydrogen-bond donors (Lipinski definition) is 2. The van der Waals surface area contributed by atoms with Gasteiger partial charge in [-0.05, 0) is 17.7 Å². The van der Waals surface area contributed by atoms with Gasteiger partial charge in [0.2, 0.25) is 11.8 Å². The zero-order valence-corrected chi connectivity index (χ0v) is 10.9. The summed E-state index contributed by atoms with van der Waals surface area (Å²) >= 11 is 0. The Morgan fingerprint density at radius 1 is 1.42 bits per heavy atom. The van der Waals surface area contributed by atoms with Crippen molar-refractivity contribution in [2.75, 3.05) is 18.5 Å². The maximum atomic E-state index is 11.7. The Balaban J connectivity index is 1.96. The first kappa shape index (κ1) is 13.5. The van der Waals surface area contributed by atoms with Crippen molar-refractivity contribution < 1.29 is 14.7 Å². The number of amides is 2. The number of carbonyl (C=O) groups is 2. The van der Waals surface area contributed by atoms with Crippen molar-refractivity contribution in [3.63, 3.8) is 0 Å². The van der Waals surface area contributed by atoms with E-state index < -0.39 is 0 Å². The molecule has 5 heteroatoms. The molecule has 1 aromatic rings. The van der Waals surface area contributed by atoms with Gasteiger partial charge in [-0.15, -0.1) is 0 Å². The first-order chi connectivity index (χ1) is 9.08. The van der Waals surface area contributed by atoms with Crippen LogP contribution in [0, 0.1) is 5.92 Å². The SMILES string of the molecule is CC(=O)Nc1ccc(CN2CC(CO)CC2=O)cc1. The Morgan fingerprint density at radius 2 is 2.11 bits per heavy atom. The fraction of sp³-hybridized carbons (Fsp3) is 0.429. The lowest BCUT2D eigenvalue weighted by Crippen LogP contribution is -2.24. The summed E-state index contributed by atoms with van der Waals surface area (Å²) in [7, 11) is 0. The number of carbonyl (C=O) groups excluding carboxylic acids is 2.